The number of benzene rings is 3. The molecule has 1 unspecified atom stereocenters. The summed E-state index contributed by atoms with van der Waals surface area (Å²) in [5.41, 5.74) is 0.536. The highest BCUT2D eigenvalue weighted by molar-refractivity contribution is 14.1. The fraction of sp³-hybridized carbons (Fsp3) is 0.100. The third kappa shape index (κ3) is 4.39. The Kier molecular flexibility index (Phi) is 5.43. The van der Waals surface area contributed by atoms with Crippen LogP contribution in [0, 0.1) is 10.5 Å². The van der Waals surface area contributed by atoms with Gasteiger partial charge in [0.25, 0.3) is 0 Å². The van der Waals surface area contributed by atoms with Crippen LogP contribution in [0.25, 0.3) is 0 Å². The lowest BCUT2D eigenvalue weighted by Crippen LogP contribution is -2.08. The van der Waals surface area contributed by atoms with Crippen molar-refractivity contribution >= 4 is 33.5 Å². The van der Waals surface area contributed by atoms with E-state index in [1.165, 1.54) is 0 Å². The molecule has 0 saturated carbocycles. The normalized spacial score (nSPS) is 12.8. The van der Waals surface area contributed by atoms with Crippen molar-refractivity contribution in [1.82, 2.24) is 0 Å². The van der Waals surface area contributed by atoms with Gasteiger partial charge in [0.2, 0.25) is 0 Å². The van der Waals surface area contributed by atoms with Crippen molar-refractivity contribution in [2.75, 3.05) is 0 Å². The van der Waals surface area contributed by atoms with E-state index in [1.54, 1.807) is 12.1 Å². The molecular formula is C20H15F3IS+. The van der Waals surface area contributed by atoms with Crippen LogP contribution >= 0.6 is 22.6 Å². The number of hydrogen-bond acceptors (Lipinski definition) is 0. The van der Waals surface area contributed by atoms with E-state index in [0.29, 0.717) is 0 Å². The molecule has 3 rings (SSSR count). The molecule has 0 radical (unpaired) electrons. The van der Waals surface area contributed by atoms with Gasteiger partial charge in [-0.05, 0) is 90.2 Å². The monoisotopic (exact) mass is 471 g/mol. The van der Waals surface area contributed by atoms with Gasteiger partial charge in [0.1, 0.15) is 0 Å². The van der Waals surface area contributed by atoms with E-state index in [-0.39, 0.29) is 0 Å². The molecule has 0 amide bonds. The van der Waals surface area contributed by atoms with Crippen LogP contribution in [-0.2, 0) is 17.1 Å². The second-order valence-electron chi connectivity index (χ2n) is 5.60. The maximum Gasteiger partial charge on any atom is 0.416 e. The van der Waals surface area contributed by atoms with Crippen LogP contribution in [0.2, 0.25) is 0 Å². The van der Waals surface area contributed by atoms with E-state index in [1.807, 2.05) is 55.5 Å². The Morgan fingerprint density at radius 2 is 1.08 bits per heavy atom. The Morgan fingerprint density at radius 1 is 0.680 bits per heavy atom. The summed E-state index contributed by atoms with van der Waals surface area (Å²) in [6.07, 6.45) is -4.32. The average molecular weight is 471 g/mol. The van der Waals surface area contributed by atoms with E-state index < -0.39 is 22.6 Å². The summed E-state index contributed by atoms with van der Waals surface area (Å²) in [5.74, 6) is 0. The summed E-state index contributed by atoms with van der Waals surface area (Å²) in [5, 5.41) is 0. The van der Waals surface area contributed by atoms with Crippen molar-refractivity contribution in [2.45, 2.75) is 27.8 Å². The number of hydrogen-bond donors (Lipinski definition) is 0. The van der Waals surface area contributed by atoms with E-state index in [4.69, 9.17) is 0 Å². The molecule has 0 saturated heterocycles. The van der Waals surface area contributed by atoms with Crippen molar-refractivity contribution in [1.29, 1.82) is 0 Å². The Hall–Kier alpha value is -1.47. The van der Waals surface area contributed by atoms with Crippen molar-refractivity contribution in [2.24, 2.45) is 0 Å². The van der Waals surface area contributed by atoms with Crippen molar-refractivity contribution in [3.63, 3.8) is 0 Å². The summed E-state index contributed by atoms with van der Waals surface area (Å²) in [7, 11) is -0.437. The molecular weight excluding hydrogens is 456 g/mol. The Bertz CT molecular complexity index is 793. The molecule has 0 bridgehead atoms. The minimum atomic E-state index is -4.32. The first-order chi connectivity index (χ1) is 11.8. The van der Waals surface area contributed by atoms with Crippen LogP contribution < -0.4 is 0 Å². The lowest BCUT2D eigenvalue weighted by molar-refractivity contribution is -0.137. The number of alkyl halides is 3. The average Bonchev–Trinajstić information content (AvgIpc) is 2.58. The van der Waals surface area contributed by atoms with E-state index in [9.17, 15) is 13.2 Å². The molecule has 25 heavy (non-hydrogen) atoms. The molecule has 3 aromatic rings. The highest BCUT2D eigenvalue weighted by Crippen LogP contribution is 2.34. The zero-order valence-corrected chi connectivity index (χ0v) is 16.3. The van der Waals surface area contributed by atoms with E-state index >= 15 is 0 Å². The summed E-state index contributed by atoms with van der Waals surface area (Å²) in [4.78, 5) is 3.05. The first-order valence-corrected chi connectivity index (χ1v) is 9.89. The number of rotatable bonds is 3. The molecule has 0 nitrogen and oxygen atoms in total. The number of aryl methyl sites for hydroxylation is 1. The van der Waals surface area contributed by atoms with Gasteiger partial charge in [-0.3, -0.25) is 0 Å². The third-order valence-corrected chi connectivity index (χ3v) is 6.67. The molecule has 0 spiro atoms. The minimum Gasteiger partial charge on any atom is -0.166 e. The number of halogens is 4. The topological polar surface area (TPSA) is 0 Å². The van der Waals surface area contributed by atoms with Gasteiger partial charge < -0.3 is 0 Å². The van der Waals surface area contributed by atoms with Gasteiger partial charge in [-0.25, -0.2) is 0 Å². The molecule has 1 atom stereocenters. The van der Waals surface area contributed by atoms with Gasteiger partial charge in [-0.2, -0.15) is 13.2 Å². The van der Waals surface area contributed by atoms with Gasteiger partial charge in [-0.1, -0.05) is 17.7 Å². The van der Waals surface area contributed by atoms with Crippen LogP contribution in [0.5, 0.6) is 0 Å². The first-order valence-electron chi connectivity index (χ1n) is 7.58. The SMILES string of the molecule is Cc1ccc([S+](c2ccc(I)cc2)c2ccc(C(F)(F)F)cc2)cc1. The molecule has 0 aromatic heterocycles. The molecule has 3 aromatic carbocycles. The molecule has 0 heterocycles. The maximum atomic E-state index is 12.9. The van der Waals surface area contributed by atoms with Gasteiger partial charge in [0.05, 0.1) is 16.5 Å². The standard InChI is InChI=1S/C20H15F3IS/c1-14-2-8-17(9-3-14)25(19-12-6-16(24)7-13-19)18-10-4-15(5-11-18)20(21,22)23/h2-13H,1H3/q+1. The van der Waals surface area contributed by atoms with Gasteiger partial charge in [0.15, 0.2) is 14.7 Å². The highest BCUT2D eigenvalue weighted by atomic mass is 127. The summed E-state index contributed by atoms with van der Waals surface area (Å²) >= 11 is 2.24. The van der Waals surface area contributed by atoms with Crippen molar-refractivity contribution < 1.29 is 13.2 Å². The lowest BCUT2D eigenvalue weighted by atomic mass is 10.2. The molecule has 0 aliphatic carbocycles. The van der Waals surface area contributed by atoms with E-state index in [2.05, 4.69) is 22.6 Å². The van der Waals surface area contributed by atoms with Gasteiger partial charge in [0, 0.05) is 3.57 Å². The third-order valence-electron chi connectivity index (χ3n) is 3.72. The minimum absolute atomic E-state index is 0.437. The fourth-order valence-electron chi connectivity index (χ4n) is 2.43. The van der Waals surface area contributed by atoms with Gasteiger partial charge >= 0.3 is 6.18 Å². The molecule has 5 heteroatoms. The second-order valence-corrected chi connectivity index (χ2v) is 8.87. The fourth-order valence-corrected chi connectivity index (χ4v) is 4.83. The van der Waals surface area contributed by atoms with Crippen LogP contribution in [-0.4, -0.2) is 0 Å². The van der Waals surface area contributed by atoms with Crippen LogP contribution in [0.1, 0.15) is 11.1 Å². The molecule has 128 valence electrons. The quantitative estimate of drug-likeness (QED) is 0.294. The molecule has 0 aliphatic heterocycles. The Balaban J connectivity index is 2.07. The predicted octanol–water partition coefficient (Wildman–Crippen LogP) is 6.71. The zero-order chi connectivity index (χ0) is 18.0. The maximum absolute atomic E-state index is 12.9. The largest absolute Gasteiger partial charge is 0.416 e. The van der Waals surface area contributed by atoms with E-state index in [0.717, 1.165) is 36.0 Å². The lowest BCUT2D eigenvalue weighted by Gasteiger charge is -2.10. The Labute approximate surface area is 161 Å². The van der Waals surface area contributed by atoms with Crippen LogP contribution in [0.15, 0.2) is 87.5 Å². The second kappa shape index (κ2) is 7.41. The Morgan fingerprint density at radius 3 is 1.52 bits per heavy atom. The molecule has 0 fully saturated rings. The van der Waals surface area contributed by atoms with Crippen LogP contribution in [0.3, 0.4) is 0 Å². The summed E-state index contributed by atoms with van der Waals surface area (Å²) in [6, 6.07) is 21.8. The summed E-state index contributed by atoms with van der Waals surface area (Å²) in [6.45, 7) is 2.02. The highest BCUT2D eigenvalue weighted by Gasteiger charge is 2.33. The predicted molar refractivity (Wildman–Crippen MR) is 104 cm³/mol. The first kappa shape index (κ1) is 18.3. The smallest absolute Gasteiger partial charge is 0.166 e. The molecule has 0 aliphatic rings. The zero-order valence-electron chi connectivity index (χ0n) is 13.3. The molecule has 0 N–H and O–H groups in total. The van der Waals surface area contributed by atoms with Crippen LogP contribution in [0.4, 0.5) is 13.2 Å². The van der Waals surface area contributed by atoms with Gasteiger partial charge in [-0.15, -0.1) is 0 Å². The van der Waals surface area contributed by atoms with Crippen molar-refractivity contribution in [3.8, 4) is 0 Å². The summed E-state index contributed by atoms with van der Waals surface area (Å²) < 4.78 is 39.7. The van der Waals surface area contributed by atoms with Crippen molar-refractivity contribution in [3.05, 3.63) is 87.5 Å².